The van der Waals surface area contributed by atoms with Crippen molar-refractivity contribution >= 4 is 15.9 Å². The molecule has 0 heterocycles. The van der Waals surface area contributed by atoms with E-state index < -0.39 is 0 Å². The summed E-state index contributed by atoms with van der Waals surface area (Å²) in [5.74, 6) is 0.921. The molecule has 1 aliphatic carbocycles. The Kier molecular flexibility index (Phi) is 3.81. The van der Waals surface area contributed by atoms with Gasteiger partial charge in [-0.3, -0.25) is 0 Å². The van der Waals surface area contributed by atoms with Gasteiger partial charge in [-0.1, -0.05) is 46.3 Å². The highest BCUT2D eigenvalue weighted by Crippen LogP contribution is 2.32. The van der Waals surface area contributed by atoms with Gasteiger partial charge in [0, 0.05) is 4.47 Å². The minimum Gasteiger partial charge on any atom is -0.490 e. The van der Waals surface area contributed by atoms with Crippen LogP contribution in [0.1, 0.15) is 35.6 Å². The summed E-state index contributed by atoms with van der Waals surface area (Å²) >= 11 is 3.64. The van der Waals surface area contributed by atoms with Gasteiger partial charge in [0.2, 0.25) is 0 Å². The van der Waals surface area contributed by atoms with Crippen molar-refractivity contribution in [1.29, 1.82) is 0 Å². The Labute approximate surface area is 128 Å². The van der Waals surface area contributed by atoms with Crippen LogP contribution in [0.2, 0.25) is 0 Å². The van der Waals surface area contributed by atoms with Crippen LogP contribution < -0.4 is 10.5 Å². The van der Waals surface area contributed by atoms with E-state index in [9.17, 15) is 0 Å². The fraction of sp³-hybridized carbons (Fsp3) is 0.294. The zero-order valence-electron chi connectivity index (χ0n) is 11.5. The van der Waals surface area contributed by atoms with E-state index in [0.29, 0.717) is 6.10 Å². The minimum absolute atomic E-state index is 0.146. The molecule has 2 aromatic rings. The van der Waals surface area contributed by atoms with Crippen molar-refractivity contribution in [2.24, 2.45) is 5.73 Å². The fourth-order valence-corrected chi connectivity index (χ4v) is 2.76. The van der Waals surface area contributed by atoms with Gasteiger partial charge in [0.15, 0.2) is 0 Å². The second-order valence-electron chi connectivity index (χ2n) is 5.35. The largest absolute Gasteiger partial charge is 0.490 e. The normalized spacial score (nSPS) is 15.9. The molecule has 1 unspecified atom stereocenters. The van der Waals surface area contributed by atoms with Crippen LogP contribution in [0.3, 0.4) is 0 Å². The van der Waals surface area contributed by atoms with Crippen molar-refractivity contribution in [3.8, 4) is 5.75 Å². The SMILES string of the molecule is Cc1cccc(C(N)c2cccc(OC3CC3)c2)c1Br. The Morgan fingerprint density at radius 3 is 2.70 bits per heavy atom. The zero-order valence-corrected chi connectivity index (χ0v) is 13.1. The molecular formula is C17H18BrNO. The lowest BCUT2D eigenvalue weighted by Crippen LogP contribution is -2.13. The van der Waals surface area contributed by atoms with Crippen LogP contribution in [0.5, 0.6) is 5.75 Å². The number of hydrogen-bond acceptors (Lipinski definition) is 2. The van der Waals surface area contributed by atoms with Gasteiger partial charge in [0.05, 0.1) is 12.1 Å². The number of rotatable bonds is 4. The summed E-state index contributed by atoms with van der Waals surface area (Å²) in [4.78, 5) is 0. The molecule has 0 spiro atoms. The van der Waals surface area contributed by atoms with E-state index in [2.05, 4.69) is 47.1 Å². The average molecular weight is 332 g/mol. The Balaban J connectivity index is 1.89. The molecule has 0 radical (unpaired) electrons. The van der Waals surface area contributed by atoms with Crippen LogP contribution in [0, 0.1) is 6.92 Å². The summed E-state index contributed by atoms with van der Waals surface area (Å²) in [6, 6.07) is 14.2. The van der Waals surface area contributed by atoms with Gasteiger partial charge in [-0.25, -0.2) is 0 Å². The Hall–Kier alpha value is -1.32. The number of halogens is 1. The van der Waals surface area contributed by atoms with Crippen molar-refractivity contribution in [3.05, 3.63) is 63.6 Å². The van der Waals surface area contributed by atoms with Gasteiger partial charge >= 0.3 is 0 Å². The predicted octanol–water partition coefficient (Wildman–Crippen LogP) is 4.35. The lowest BCUT2D eigenvalue weighted by molar-refractivity contribution is 0.303. The third kappa shape index (κ3) is 2.89. The fourth-order valence-electron chi connectivity index (χ4n) is 2.25. The molecule has 0 amide bonds. The van der Waals surface area contributed by atoms with E-state index in [0.717, 1.165) is 21.3 Å². The van der Waals surface area contributed by atoms with Crippen LogP contribution >= 0.6 is 15.9 Å². The van der Waals surface area contributed by atoms with Crippen LogP contribution in [0.25, 0.3) is 0 Å². The number of nitrogens with two attached hydrogens (primary N) is 1. The summed E-state index contributed by atoms with van der Waals surface area (Å²) in [5, 5.41) is 0. The molecule has 0 aromatic heterocycles. The maximum absolute atomic E-state index is 6.42. The van der Waals surface area contributed by atoms with Crippen LogP contribution in [0.15, 0.2) is 46.9 Å². The number of hydrogen-bond donors (Lipinski definition) is 1. The molecule has 20 heavy (non-hydrogen) atoms. The molecule has 1 saturated carbocycles. The second-order valence-corrected chi connectivity index (χ2v) is 6.14. The first-order chi connectivity index (χ1) is 9.65. The molecule has 1 atom stereocenters. The molecule has 1 fully saturated rings. The molecule has 0 bridgehead atoms. The molecule has 0 saturated heterocycles. The molecule has 2 N–H and O–H groups in total. The lowest BCUT2D eigenvalue weighted by atomic mass is 9.98. The minimum atomic E-state index is -0.146. The molecule has 104 valence electrons. The number of aryl methyl sites for hydroxylation is 1. The van der Waals surface area contributed by atoms with Crippen LogP contribution in [0.4, 0.5) is 0 Å². The summed E-state index contributed by atoms with van der Waals surface area (Å²) in [6.45, 7) is 2.08. The van der Waals surface area contributed by atoms with Gasteiger partial charge in [-0.15, -0.1) is 0 Å². The quantitative estimate of drug-likeness (QED) is 0.904. The Morgan fingerprint density at radius 1 is 1.20 bits per heavy atom. The maximum Gasteiger partial charge on any atom is 0.120 e. The van der Waals surface area contributed by atoms with E-state index in [1.54, 1.807) is 0 Å². The molecule has 0 aliphatic heterocycles. The van der Waals surface area contributed by atoms with Gasteiger partial charge in [0.25, 0.3) is 0 Å². The van der Waals surface area contributed by atoms with E-state index in [1.165, 1.54) is 18.4 Å². The maximum atomic E-state index is 6.42. The highest BCUT2D eigenvalue weighted by molar-refractivity contribution is 9.10. The molecule has 3 heteroatoms. The molecule has 2 nitrogen and oxygen atoms in total. The zero-order chi connectivity index (χ0) is 14.1. The van der Waals surface area contributed by atoms with Gasteiger partial charge in [0.1, 0.15) is 5.75 Å². The monoisotopic (exact) mass is 331 g/mol. The first-order valence-electron chi connectivity index (χ1n) is 6.92. The third-order valence-corrected chi connectivity index (χ3v) is 4.68. The van der Waals surface area contributed by atoms with Crippen molar-refractivity contribution < 1.29 is 4.74 Å². The molecular weight excluding hydrogens is 314 g/mol. The van der Waals surface area contributed by atoms with Crippen molar-refractivity contribution in [1.82, 2.24) is 0 Å². The van der Waals surface area contributed by atoms with Gasteiger partial charge < -0.3 is 10.5 Å². The first-order valence-corrected chi connectivity index (χ1v) is 7.71. The van der Waals surface area contributed by atoms with Crippen LogP contribution in [-0.2, 0) is 0 Å². The van der Waals surface area contributed by atoms with Crippen molar-refractivity contribution in [3.63, 3.8) is 0 Å². The standard InChI is InChI=1S/C17H18BrNO/c1-11-4-2-7-15(16(11)18)17(19)12-5-3-6-14(10-12)20-13-8-9-13/h2-7,10,13,17H,8-9,19H2,1H3. The van der Waals surface area contributed by atoms with E-state index in [1.807, 2.05) is 18.2 Å². The van der Waals surface area contributed by atoms with Gasteiger partial charge in [-0.2, -0.15) is 0 Å². The lowest BCUT2D eigenvalue weighted by Gasteiger charge is -2.16. The van der Waals surface area contributed by atoms with E-state index in [4.69, 9.17) is 10.5 Å². The number of ether oxygens (including phenoxy) is 1. The average Bonchev–Trinajstić information content (AvgIpc) is 3.25. The Morgan fingerprint density at radius 2 is 1.95 bits per heavy atom. The molecule has 1 aliphatic rings. The smallest absolute Gasteiger partial charge is 0.120 e. The molecule has 2 aromatic carbocycles. The van der Waals surface area contributed by atoms with Crippen molar-refractivity contribution in [2.45, 2.75) is 31.9 Å². The molecule has 3 rings (SSSR count). The highest BCUT2D eigenvalue weighted by Gasteiger charge is 2.23. The highest BCUT2D eigenvalue weighted by atomic mass is 79.9. The number of benzene rings is 2. The van der Waals surface area contributed by atoms with Crippen molar-refractivity contribution in [2.75, 3.05) is 0 Å². The third-order valence-electron chi connectivity index (χ3n) is 3.60. The van der Waals surface area contributed by atoms with E-state index in [-0.39, 0.29) is 6.04 Å². The van der Waals surface area contributed by atoms with Crippen LogP contribution in [-0.4, -0.2) is 6.10 Å². The summed E-state index contributed by atoms with van der Waals surface area (Å²) in [5.41, 5.74) is 9.80. The second kappa shape index (κ2) is 5.58. The summed E-state index contributed by atoms with van der Waals surface area (Å²) in [6.07, 6.45) is 2.74. The van der Waals surface area contributed by atoms with E-state index >= 15 is 0 Å². The summed E-state index contributed by atoms with van der Waals surface area (Å²) < 4.78 is 6.92. The summed E-state index contributed by atoms with van der Waals surface area (Å²) in [7, 11) is 0. The first kappa shape index (κ1) is 13.7. The Bertz CT molecular complexity index is 622. The van der Waals surface area contributed by atoms with Gasteiger partial charge in [-0.05, 0) is 48.6 Å². The topological polar surface area (TPSA) is 35.2 Å². The predicted molar refractivity (Wildman–Crippen MR) is 85.0 cm³/mol.